The molecule has 0 amide bonds. The van der Waals surface area contributed by atoms with E-state index in [1.807, 2.05) is 67.7 Å². The first kappa shape index (κ1) is 24.3. The van der Waals surface area contributed by atoms with Gasteiger partial charge in [-0.25, -0.2) is 4.98 Å². The van der Waals surface area contributed by atoms with Crippen LogP contribution in [0.5, 0.6) is 0 Å². The molecule has 2 aromatic carbocycles. The lowest BCUT2D eigenvalue weighted by Crippen LogP contribution is -2.22. The summed E-state index contributed by atoms with van der Waals surface area (Å²) in [5.41, 5.74) is 2.55. The van der Waals surface area contributed by atoms with Gasteiger partial charge in [0, 0.05) is 19.8 Å². The van der Waals surface area contributed by atoms with Crippen molar-refractivity contribution in [3.05, 3.63) is 90.1 Å². The summed E-state index contributed by atoms with van der Waals surface area (Å²) in [6.45, 7) is 2.70. The highest BCUT2D eigenvalue weighted by atomic mass is 16.4. The Morgan fingerprint density at radius 2 is 1.70 bits per heavy atom. The summed E-state index contributed by atoms with van der Waals surface area (Å²) < 4.78 is 0. The van der Waals surface area contributed by atoms with Crippen molar-refractivity contribution in [1.82, 2.24) is 10.3 Å². The van der Waals surface area contributed by atoms with E-state index in [2.05, 4.69) is 33.1 Å². The molecule has 1 aliphatic rings. The highest BCUT2D eigenvalue weighted by Crippen LogP contribution is 2.48. The van der Waals surface area contributed by atoms with Crippen LogP contribution in [0.3, 0.4) is 0 Å². The molecule has 1 saturated carbocycles. The van der Waals surface area contributed by atoms with Gasteiger partial charge in [0.15, 0.2) is 0 Å². The third-order valence-corrected chi connectivity index (χ3v) is 5.79. The van der Waals surface area contributed by atoms with E-state index < -0.39 is 11.4 Å². The highest BCUT2D eigenvalue weighted by molar-refractivity contribution is 5.84. The van der Waals surface area contributed by atoms with Gasteiger partial charge >= 0.3 is 5.97 Å². The Morgan fingerprint density at radius 3 is 2.33 bits per heavy atom. The van der Waals surface area contributed by atoms with Gasteiger partial charge in [-0.05, 0) is 62.0 Å². The van der Waals surface area contributed by atoms with E-state index in [0.29, 0.717) is 0 Å². The van der Waals surface area contributed by atoms with E-state index in [4.69, 9.17) is 0 Å². The fraction of sp³-hybridized carbons (Fsp3) is 0.333. The van der Waals surface area contributed by atoms with Crippen molar-refractivity contribution >= 4 is 17.5 Å². The second-order valence-electron chi connectivity index (χ2n) is 8.17. The van der Waals surface area contributed by atoms with Gasteiger partial charge in [0.05, 0.1) is 11.1 Å². The summed E-state index contributed by atoms with van der Waals surface area (Å²) in [4.78, 5) is 15.7. The summed E-state index contributed by atoms with van der Waals surface area (Å²) in [6, 6.07) is 24.0. The monoisotopic (exact) mass is 446 g/mol. The quantitative estimate of drug-likeness (QED) is 0.323. The molecule has 6 nitrogen and oxygen atoms in total. The number of benzene rings is 2. The Kier molecular flexibility index (Phi) is 9.27. The van der Waals surface area contributed by atoms with Crippen LogP contribution in [-0.2, 0) is 16.6 Å². The number of carboxylic acid groups (broad SMARTS) is 1. The summed E-state index contributed by atoms with van der Waals surface area (Å²) in [5, 5.41) is 19.4. The lowest BCUT2D eigenvalue weighted by molar-refractivity contribution is -0.140. The fourth-order valence-electron chi connectivity index (χ4n) is 3.70. The molecule has 1 aromatic heterocycles. The first-order valence-corrected chi connectivity index (χ1v) is 11.6. The lowest BCUT2D eigenvalue weighted by atomic mass is 9.94. The molecule has 0 aliphatic heterocycles. The number of nitrogens with zero attached hydrogens (tertiary/aromatic N) is 1. The zero-order valence-electron chi connectivity index (χ0n) is 19.3. The van der Waals surface area contributed by atoms with Gasteiger partial charge in [0.25, 0.3) is 0 Å². The van der Waals surface area contributed by atoms with Crippen molar-refractivity contribution in [2.75, 3.05) is 37.3 Å². The number of carbonyl (C=O) groups is 1. The molecular formula is C27H34N4O2. The van der Waals surface area contributed by atoms with Crippen LogP contribution in [0.4, 0.5) is 11.5 Å². The molecule has 6 heteroatoms. The van der Waals surface area contributed by atoms with E-state index in [1.54, 1.807) is 6.20 Å². The molecule has 0 unspecified atom stereocenters. The zero-order chi connectivity index (χ0) is 23.4. The van der Waals surface area contributed by atoms with Crippen LogP contribution in [0, 0.1) is 0 Å². The Balaban J connectivity index is 0.000000442. The van der Waals surface area contributed by atoms with Crippen molar-refractivity contribution in [3.63, 3.8) is 0 Å². The SMILES string of the molecule is CNc1ncccc1NCCCNCCc1cccc(C2(C(=O)O)CC2)c1.c1ccccc1. The average molecular weight is 447 g/mol. The molecule has 4 rings (SSSR count). The first-order valence-electron chi connectivity index (χ1n) is 11.6. The number of aromatic nitrogens is 1. The molecule has 1 fully saturated rings. The number of carboxylic acids is 1. The zero-order valence-corrected chi connectivity index (χ0v) is 19.3. The average Bonchev–Trinajstić information content (AvgIpc) is 3.68. The second-order valence-corrected chi connectivity index (χ2v) is 8.17. The normalized spacial score (nSPS) is 13.4. The van der Waals surface area contributed by atoms with Crippen molar-refractivity contribution in [2.24, 2.45) is 0 Å². The van der Waals surface area contributed by atoms with Crippen LogP contribution in [0.25, 0.3) is 0 Å². The van der Waals surface area contributed by atoms with Crippen molar-refractivity contribution < 1.29 is 9.90 Å². The minimum Gasteiger partial charge on any atom is -0.481 e. The van der Waals surface area contributed by atoms with Crippen LogP contribution in [0.15, 0.2) is 79.0 Å². The molecule has 174 valence electrons. The first-order chi connectivity index (χ1) is 16.2. The van der Waals surface area contributed by atoms with Crippen molar-refractivity contribution in [1.29, 1.82) is 0 Å². The number of pyridine rings is 1. The maximum atomic E-state index is 11.5. The van der Waals surface area contributed by atoms with E-state index >= 15 is 0 Å². The molecule has 3 aromatic rings. The Morgan fingerprint density at radius 1 is 0.970 bits per heavy atom. The summed E-state index contributed by atoms with van der Waals surface area (Å²) in [6.07, 6.45) is 5.20. The highest BCUT2D eigenvalue weighted by Gasteiger charge is 2.51. The van der Waals surface area contributed by atoms with E-state index in [-0.39, 0.29) is 0 Å². The third kappa shape index (κ3) is 7.32. The molecule has 0 saturated heterocycles. The second kappa shape index (κ2) is 12.6. The minimum absolute atomic E-state index is 0.617. The summed E-state index contributed by atoms with van der Waals surface area (Å²) >= 11 is 0. The molecule has 1 aliphatic carbocycles. The molecule has 0 bridgehead atoms. The molecule has 0 spiro atoms. The number of rotatable bonds is 11. The number of aliphatic carboxylic acids is 1. The van der Waals surface area contributed by atoms with Crippen LogP contribution >= 0.6 is 0 Å². The number of nitrogens with one attached hydrogen (secondary N) is 3. The molecule has 0 atom stereocenters. The summed E-state index contributed by atoms with van der Waals surface area (Å²) in [5.74, 6) is 0.167. The van der Waals surface area contributed by atoms with E-state index in [1.165, 1.54) is 5.56 Å². The number of anilines is 2. The van der Waals surface area contributed by atoms with E-state index in [0.717, 1.165) is 62.4 Å². The van der Waals surface area contributed by atoms with Gasteiger partial charge in [-0.15, -0.1) is 0 Å². The number of hydrogen-bond donors (Lipinski definition) is 4. The predicted molar refractivity (Wildman–Crippen MR) is 135 cm³/mol. The third-order valence-electron chi connectivity index (χ3n) is 5.79. The van der Waals surface area contributed by atoms with Gasteiger partial charge in [-0.2, -0.15) is 0 Å². The van der Waals surface area contributed by atoms with Crippen LogP contribution in [0.2, 0.25) is 0 Å². The smallest absolute Gasteiger partial charge is 0.314 e. The van der Waals surface area contributed by atoms with Crippen LogP contribution in [-0.4, -0.2) is 42.7 Å². The van der Waals surface area contributed by atoms with Gasteiger partial charge < -0.3 is 21.1 Å². The van der Waals surface area contributed by atoms with Gasteiger partial charge in [0.2, 0.25) is 0 Å². The number of hydrogen-bond acceptors (Lipinski definition) is 5. The van der Waals surface area contributed by atoms with Crippen LogP contribution < -0.4 is 16.0 Å². The molecule has 0 radical (unpaired) electrons. The molecule has 4 N–H and O–H groups in total. The van der Waals surface area contributed by atoms with Gasteiger partial charge in [-0.1, -0.05) is 60.7 Å². The topological polar surface area (TPSA) is 86.3 Å². The summed E-state index contributed by atoms with van der Waals surface area (Å²) in [7, 11) is 1.87. The van der Waals surface area contributed by atoms with Crippen LogP contribution in [0.1, 0.15) is 30.4 Å². The van der Waals surface area contributed by atoms with Crippen molar-refractivity contribution in [2.45, 2.75) is 31.1 Å². The molecule has 33 heavy (non-hydrogen) atoms. The van der Waals surface area contributed by atoms with Gasteiger partial charge in [0.1, 0.15) is 5.82 Å². The maximum Gasteiger partial charge on any atom is 0.314 e. The Hall–Kier alpha value is -3.38. The minimum atomic E-state index is -0.694. The van der Waals surface area contributed by atoms with Gasteiger partial charge in [-0.3, -0.25) is 4.79 Å². The fourth-order valence-corrected chi connectivity index (χ4v) is 3.70. The maximum absolute atomic E-state index is 11.5. The predicted octanol–water partition coefficient (Wildman–Crippen LogP) is 4.56. The largest absolute Gasteiger partial charge is 0.481 e. The molecule has 1 heterocycles. The lowest BCUT2D eigenvalue weighted by Gasteiger charge is -2.12. The standard InChI is InChI=1S/C21H28N4O2.C6H6/c1-22-19-18(7-3-12-25-19)24-13-4-11-23-14-8-16-5-2-6-17(15-16)21(9-10-21)20(26)27;1-2-4-6-5-3-1/h2-3,5-7,12,15,23-24H,4,8-11,13-14H2,1H3,(H,22,25)(H,26,27);1-6H. The van der Waals surface area contributed by atoms with Crippen molar-refractivity contribution in [3.8, 4) is 0 Å². The van der Waals surface area contributed by atoms with E-state index in [9.17, 15) is 9.90 Å². The molecular weight excluding hydrogens is 412 g/mol. The Labute approximate surface area is 196 Å². The Bertz CT molecular complexity index is 963.